The van der Waals surface area contributed by atoms with Gasteiger partial charge in [0, 0.05) is 12.6 Å². The molecule has 1 aliphatic rings. The highest BCUT2D eigenvalue weighted by Crippen LogP contribution is 2.18. The first-order valence-corrected chi connectivity index (χ1v) is 8.48. The predicted octanol–water partition coefficient (Wildman–Crippen LogP) is 1.40. The smallest absolute Gasteiger partial charge is 0.227 e. The standard InChI is InChI=1S/C14H18FNO3S/c1-2-16(13-7-8-20(18,19)10-13)14(17)9-11-3-5-12(15)6-4-11/h3-6,13H,2,7-10H2,1H3. The van der Waals surface area contributed by atoms with Gasteiger partial charge in [0.25, 0.3) is 0 Å². The van der Waals surface area contributed by atoms with Crippen LogP contribution in [-0.2, 0) is 21.1 Å². The molecule has 1 amide bonds. The van der Waals surface area contributed by atoms with Crippen LogP contribution in [0.5, 0.6) is 0 Å². The Morgan fingerprint density at radius 1 is 1.35 bits per heavy atom. The minimum Gasteiger partial charge on any atom is -0.339 e. The molecule has 0 aliphatic carbocycles. The third kappa shape index (κ3) is 3.56. The van der Waals surface area contributed by atoms with Crippen LogP contribution < -0.4 is 0 Å². The number of carbonyl (C=O) groups is 1. The molecule has 4 nitrogen and oxygen atoms in total. The highest BCUT2D eigenvalue weighted by atomic mass is 32.2. The average molecular weight is 299 g/mol. The Hall–Kier alpha value is -1.43. The Morgan fingerprint density at radius 3 is 2.50 bits per heavy atom. The van der Waals surface area contributed by atoms with E-state index in [9.17, 15) is 17.6 Å². The van der Waals surface area contributed by atoms with Crippen LogP contribution in [0, 0.1) is 5.82 Å². The van der Waals surface area contributed by atoms with Crippen molar-refractivity contribution in [3.05, 3.63) is 35.6 Å². The lowest BCUT2D eigenvalue weighted by molar-refractivity contribution is -0.132. The molecule has 1 aromatic rings. The highest BCUT2D eigenvalue weighted by molar-refractivity contribution is 7.91. The summed E-state index contributed by atoms with van der Waals surface area (Å²) in [5.74, 6) is -0.245. The van der Waals surface area contributed by atoms with E-state index in [4.69, 9.17) is 0 Å². The van der Waals surface area contributed by atoms with Crippen molar-refractivity contribution in [1.29, 1.82) is 0 Å². The number of likely N-dealkylation sites (N-methyl/N-ethyl adjacent to an activating group) is 1. The quantitative estimate of drug-likeness (QED) is 0.844. The molecule has 1 unspecified atom stereocenters. The lowest BCUT2D eigenvalue weighted by Crippen LogP contribution is -2.41. The van der Waals surface area contributed by atoms with Gasteiger partial charge in [0.1, 0.15) is 5.82 Å². The van der Waals surface area contributed by atoms with Gasteiger partial charge in [0.15, 0.2) is 9.84 Å². The van der Waals surface area contributed by atoms with E-state index in [0.717, 1.165) is 5.56 Å². The predicted molar refractivity (Wildman–Crippen MR) is 74.5 cm³/mol. The van der Waals surface area contributed by atoms with Crippen molar-refractivity contribution in [1.82, 2.24) is 4.90 Å². The van der Waals surface area contributed by atoms with Crippen molar-refractivity contribution in [3.8, 4) is 0 Å². The minimum absolute atomic E-state index is 0.0516. The van der Waals surface area contributed by atoms with Crippen LogP contribution in [0.4, 0.5) is 4.39 Å². The first-order chi connectivity index (χ1) is 9.41. The van der Waals surface area contributed by atoms with Crippen molar-refractivity contribution in [3.63, 3.8) is 0 Å². The van der Waals surface area contributed by atoms with Gasteiger partial charge in [0.05, 0.1) is 17.9 Å². The largest absolute Gasteiger partial charge is 0.339 e. The van der Waals surface area contributed by atoms with Crippen molar-refractivity contribution in [2.75, 3.05) is 18.1 Å². The normalized spacial score (nSPS) is 20.8. The summed E-state index contributed by atoms with van der Waals surface area (Å²) in [6.45, 7) is 2.33. The van der Waals surface area contributed by atoms with Crippen LogP contribution >= 0.6 is 0 Å². The van der Waals surface area contributed by atoms with Crippen molar-refractivity contribution >= 4 is 15.7 Å². The molecule has 1 aromatic carbocycles. The van der Waals surface area contributed by atoms with Gasteiger partial charge in [-0.3, -0.25) is 4.79 Å². The third-order valence-corrected chi connectivity index (χ3v) is 5.33. The zero-order valence-corrected chi connectivity index (χ0v) is 12.2. The van der Waals surface area contributed by atoms with Gasteiger partial charge in [-0.05, 0) is 31.0 Å². The molecule has 1 saturated heterocycles. The van der Waals surface area contributed by atoms with Gasteiger partial charge in [-0.25, -0.2) is 12.8 Å². The van der Waals surface area contributed by atoms with E-state index in [-0.39, 0.29) is 35.7 Å². The second kappa shape index (κ2) is 5.91. The van der Waals surface area contributed by atoms with E-state index in [1.165, 1.54) is 12.1 Å². The lowest BCUT2D eigenvalue weighted by atomic mass is 10.1. The molecule has 0 radical (unpaired) electrons. The monoisotopic (exact) mass is 299 g/mol. The molecule has 6 heteroatoms. The van der Waals surface area contributed by atoms with E-state index in [1.54, 1.807) is 17.0 Å². The van der Waals surface area contributed by atoms with Gasteiger partial charge in [-0.1, -0.05) is 12.1 Å². The molecule has 2 rings (SSSR count). The van der Waals surface area contributed by atoms with Gasteiger partial charge in [-0.2, -0.15) is 0 Å². The third-order valence-electron chi connectivity index (χ3n) is 3.58. The molecule has 0 aromatic heterocycles. The SMILES string of the molecule is CCN(C(=O)Cc1ccc(F)cc1)C1CCS(=O)(=O)C1. The number of hydrogen-bond acceptors (Lipinski definition) is 3. The number of rotatable bonds is 4. The number of hydrogen-bond donors (Lipinski definition) is 0. The van der Waals surface area contributed by atoms with Crippen molar-refractivity contribution < 1.29 is 17.6 Å². The van der Waals surface area contributed by atoms with Crippen molar-refractivity contribution in [2.24, 2.45) is 0 Å². The molecule has 1 fully saturated rings. The summed E-state index contributed by atoms with van der Waals surface area (Å²) in [6, 6.07) is 5.56. The summed E-state index contributed by atoms with van der Waals surface area (Å²) in [5, 5.41) is 0. The van der Waals surface area contributed by atoms with E-state index >= 15 is 0 Å². The maximum atomic E-state index is 12.8. The Balaban J connectivity index is 2.04. The molecule has 1 aliphatic heterocycles. The Kier molecular flexibility index (Phi) is 4.42. The van der Waals surface area contributed by atoms with Gasteiger partial charge < -0.3 is 4.90 Å². The molecule has 0 N–H and O–H groups in total. The summed E-state index contributed by atoms with van der Waals surface area (Å²) < 4.78 is 35.8. The van der Waals surface area contributed by atoms with Gasteiger partial charge in [0.2, 0.25) is 5.91 Å². The van der Waals surface area contributed by atoms with E-state index in [2.05, 4.69) is 0 Å². The zero-order valence-electron chi connectivity index (χ0n) is 11.4. The number of carbonyl (C=O) groups excluding carboxylic acids is 1. The summed E-state index contributed by atoms with van der Waals surface area (Å²) >= 11 is 0. The van der Waals surface area contributed by atoms with Gasteiger partial charge >= 0.3 is 0 Å². The van der Waals surface area contributed by atoms with Crippen LogP contribution in [0.15, 0.2) is 24.3 Å². The maximum Gasteiger partial charge on any atom is 0.227 e. The minimum atomic E-state index is -3.01. The molecular formula is C14H18FNO3S. The molecular weight excluding hydrogens is 281 g/mol. The number of nitrogens with zero attached hydrogens (tertiary/aromatic N) is 1. The highest BCUT2D eigenvalue weighted by Gasteiger charge is 2.33. The average Bonchev–Trinajstić information content (AvgIpc) is 2.73. The fraction of sp³-hybridized carbons (Fsp3) is 0.500. The summed E-state index contributed by atoms with van der Waals surface area (Å²) in [5.41, 5.74) is 0.732. The zero-order chi connectivity index (χ0) is 14.8. The Morgan fingerprint density at radius 2 is 2.00 bits per heavy atom. The molecule has 0 spiro atoms. The van der Waals surface area contributed by atoms with E-state index in [1.807, 2.05) is 6.92 Å². The number of sulfone groups is 1. The Labute approximate surface area is 118 Å². The second-order valence-electron chi connectivity index (χ2n) is 5.04. The second-order valence-corrected chi connectivity index (χ2v) is 7.27. The summed E-state index contributed by atoms with van der Waals surface area (Å²) in [7, 11) is -3.01. The fourth-order valence-electron chi connectivity index (χ4n) is 2.54. The van der Waals surface area contributed by atoms with Gasteiger partial charge in [-0.15, -0.1) is 0 Å². The topological polar surface area (TPSA) is 54.5 Å². The van der Waals surface area contributed by atoms with Crippen LogP contribution in [0.3, 0.4) is 0 Å². The molecule has 110 valence electrons. The van der Waals surface area contributed by atoms with E-state index < -0.39 is 9.84 Å². The van der Waals surface area contributed by atoms with Crippen molar-refractivity contribution in [2.45, 2.75) is 25.8 Å². The molecule has 1 heterocycles. The summed E-state index contributed by atoms with van der Waals surface area (Å²) in [4.78, 5) is 13.9. The lowest BCUT2D eigenvalue weighted by Gasteiger charge is -2.27. The first-order valence-electron chi connectivity index (χ1n) is 6.65. The first kappa shape index (κ1) is 15.0. The number of benzene rings is 1. The molecule has 0 saturated carbocycles. The van der Waals surface area contributed by atoms with Crippen LogP contribution in [0.25, 0.3) is 0 Å². The fourth-order valence-corrected chi connectivity index (χ4v) is 4.27. The Bertz CT molecular complexity index is 583. The van der Waals surface area contributed by atoms with Crippen LogP contribution in [0.2, 0.25) is 0 Å². The number of amides is 1. The maximum absolute atomic E-state index is 12.8. The van der Waals surface area contributed by atoms with Crippen LogP contribution in [0.1, 0.15) is 18.9 Å². The van der Waals surface area contributed by atoms with E-state index in [0.29, 0.717) is 13.0 Å². The molecule has 20 heavy (non-hydrogen) atoms. The number of halogens is 1. The van der Waals surface area contributed by atoms with Crippen LogP contribution in [-0.4, -0.2) is 43.3 Å². The molecule has 0 bridgehead atoms. The summed E-state index contributed by atoms with van der Waals surface area (Å²) in [6.07, 6.45) is 0.677. The molecule has 1 atom stereocenters.